The smallest absolute Gasteiger partial charge is 0.138 e. The molecule has 0 aliphatic rings. The van der Waals surface area contributed by atoms with E-state index in [1.54, 1.807) is 12.1 Å². The fraction of sp³-hybridized carbons (Fsp3) is 0.0769. The van der Waals surface area contributed by atoms with Crippen LogP contribution in [0.2, 0.25) is 0 Å². The second kappa shape index (κ2) is 3.77. The Morgan fingerprint density at radius 1 is 0.875 bits per heavy atom. The van der Waals surface area contributed by atoms with Gasteiger partial charge in [0.1, 0.15) is 5.75 Å². The second-order valence-corrected chi connectivity index (χ2v) is 3.84. The molecule has 0 saturated heterocycles. The summed E-state index contributed by atoms with van der Waals surface area (Å²) in [6, 6.07) is 11.0. The van der Waals surface area contributed by atoms with Crippen LogP contribution in [0.4, 0.5) is 11.4 Å². The predicted molar refractivity (Wildman–Crippen MR) is 67.1 cm³/mol. The third-order valence-electron chi connectivity index (χ3n) is 2.64. The molecule has 16 heavy (non-hydrogen) atoms. The summed E-state index contributed by atoms with van der Waals surface area (Å²) in [5, 5.41) is 9.34. The highest BCUT2D eigenvalue weighted by molar-refractivity contribution is 5.73. The summed E-state index contributed by atoms with van der Waals surface area (Å²) in [4.78, 5) is 0. The van der Waals surface area contributed by atoms with Crippen LogP contribution in [0.15, 0.2) is 36.4 Å². The van der Waals surface area contributed by atoms with Crippen LogP contribution < -0.4 is 11.5 Å². The lowest BCUT2D eigenvalue weighted by Gasteiger charge is -2.07. The number of benzene rings is 2. The molecule has 0 spiro atoms. The van der Waals surface area contributed by atoms with Gasteiger partial charge in [-0.05, 0) is 41.8 Å². The fourth-order valence-electron chi connectivity index (χ4n) is 1.55. The van der Waals surface area contributed by atoms with E-state index < -0.39 is 0 Å². The monoisotopic (exact) mass is 214 g/mol. The summed E-state index contributed by atoms with van der Waals surface area (Å²) in [5.41, 5.74) is 15.6. The molecule has 0 heterocycles. The number of phenols is 1. The molecular formula is C13H14N2O. The molecule has 2 rings (SSSR count). The molecule has 0 aliphatic carbocycles. The van der Waals surface area contributed by atoms with E-state index in [1.165, 1.54) is 0 Å². The predicted octanol–water partition coefficient (Wildman–Crippen LogP) is 2.53. The Kier molecular flexibility index (Phi) is 2.44. The van der Waals surface area contributed by atoms with Crippen molar-refractivity contribution in [2.45, 2.75) is 6.92 Å². The van der Waals surface area contributed by atoms with Gasteiger partial charge in [0.25, 0.3) is 0 Å². The van der Waals surface area contributed by atoms with Crippen LogP contribution >= 0.6 is 0 Å². The van der Waals surface area contributed by atoms with Gasteiger partial charge in [-0.1, -0.05) is 18.2 Å². The Labute approximate surface area is 94.3 Å². The van der Waals surface area contributed by atoms with Crippen molar-refractivity contribution in [3.63, 3.8) is 0 Å². The molecule has 2 aromatic carbocycles. The maximum absolute atomic E-state index is 9.34. The van der Waals surface area contributed by atoms with Crippen LogP contribution in [0.5, 0.6) is 5.75 Å². The zero-order chi connectivity index (χ0) is 11.7. The molecule has 5 N–H and O–H groups in total. The molecule has 3 heteroatoms. The van der Waals surface area contributed by atoms with Gasteiger partial charge in [-0.25, -0.2) is 0 Å². The van der Waals surface area contributed by atoms with Gasteiger partial charge >= 0.3 is 0 Å². The Balaban J connectivity index is 2.50. The van der Waals surface area contributed by atoms with Crippen molar-refractivity contribution in [3.05, 3.63) is 42.0 Å². The van der Waals surface area contributed by atoms with E-state index in [0.717, 1.165) is 22.4 Å². The maximum atomic E-state index is 9.34. The van der Waals surface area contributed by atoms with Gasteiger partial charge in [0.05, 0.1) is 5.69 Å². The lowest BCUT2D eigenvalue weighted by Crippen LogP contribution is -1.91. The number of nitrogen functional groups attached to an aromatic ring is 2. The summed E-state index contributed by atoms with van der Waals surface area (Å²) in [7, 11) is 0. The van der Waals surface area contributed by atoms with Gasteiger partial charge in [-0.3, -0.25) is 0 Å². The highest BCUT2D eigenvalue weighted by Gasteiger charge is 2.03. The van der Waals surface area contributed by atoms with Crippen molar-refractivity contribution in [3.8, 4) is 16.9 Å². The molecule has 3 nitrogen and oxygen atoms in total. The van der Waals surface area contributed by atoms with E-state index in [9.17, 15) is 5.11 Å². The number of hydrogen-bond acceptors (Lipinski definition) is 3. The van der Waals surface area contributed by atoms with Crippen molar-refractivity contribution in [1.82, 2.24) is 0 Å². The molecule has 0 saturated carbocycles. The van der Waals surface area contributed by atoms with E-state index in [-0.39, 0.29) is 5.75 Å². The Bertz CT molecular complexity index is 486. The van der Waals surface area contributed by atoms with Crippen molar-refractivity contribution in [1.29, 1.82) is 0 Å². The topological polar surface area (TPSA) is 72.3 Å². The standard InChI is InChI=1S/C13H14N2O/c1-8-2-3-9(6-11(8)14)10-4-5-13(16)12(15)7-10/h2-7,16H,14-15H2,1H3. The first-order valence-electron chi connectivity index (χ1n) is 5.03. The first-order valence-corrected chi connectivity index (χ1v) is 5.03. The van der Waals surface area contributed by atoms with Gasteiger partial charge in [-0.2, -0.15) is 0 Å². The molecule has 0 radical (unpaired) electrons. The van der Waals surface area contributed by atoms with Crippen molar-refractivity contribution < 1.29 is 5.11 Å². The molecule has 0 bridgehead atoms. The first kappa shape index (κ1) is 10.4. The third kappa shape index (κ3) is 1.80. The highest BCUT2D eigenvalue weighted by Crippen LogP contribution is 2.29. The van der Waals surface area contributed by atoms with Crippen LogP contribution in [0.25, 0.3) is 11.1 Å². The molecule has 0 aliphatic heterocycles. The molecule has 82 valence electrons. The summed E-state index contributed by atoms with van der Waals surface area (Å²) >= 11 is 0. The molecule has 0 unspecified atom stereocenters. The van der Waals surface area contributed by atoms with Crippen LogP contribution in [-0.2, 0) is 0 Å². The van der Waals surface area contributed by atoms with Crippen molar-refractivity contribution in [2.75, 3.05) is 11.5 Å². The van der Waals surface area contributed by atoms with E-state index >= 15 is 0 Å². The number of rotatable bonds is 1. The number of anilines is 2. The van der Waals surface area contributed by atoms with E-state index in [4.69, 9.17) is 11.5 Å². The second-order valence-electron chi connectivity index (χ2n) is 3.84. The van der Waals surface area contributed by atoms with E-state index in [0.29, 0.717) is 5.69 Å². The molecule has 0 atom stereocenters. The van der Waals surface area contributed by atoms with E-state index in [1.807, 2.05) is 31.2 Å². The fourth-order valence-corrected chi connectivity index (χ4v) is 1.55. The molecule has 0 fully saturated rings. The lowest BCUT2D eigenvalue weighted by molar-refractivity contribution is 0.478. The zero-order valence-corrected chi connectivity index (χ0v) is 9.07. The van der Waals surface area contributed by atoms with Crippen LogP contribution in [0, 0.1) is 6.92 Å². The Morgan fingerprint density at radius 3 is 2.00 bits per heavy atom. The Hall–Kier alpha value is -2.16. The third-order valence-corrected chi connectivity index (χ3v) is 2.64. The summed E-state index contributed by atoms with van der Waals surface area (Å²) in [6.45, 7) is 1.96. The molecular weight excluding hydrogens is 200 g/mol. The van der Waals surface area contributed by atoms with Crippen molar-refractivity contribution >= 4 is 11.4 Å². The largest absolute Gasteiger partial charge is 0.506 e. The number of aryl methyl sites for hydroxylation is 1. The Morgan fingerprint density at radius 2 is 1.44 bits per heavy atom. The lowest BCUT2D eigenvalue weighted by atomic mass is 10.0. The summed E-state index contributed by atoms with van der Waals surface area (Å²) < 4.78 is 0. The average Bonchev–Trinajstić information content (AvgIpc) is 2.26. The van der Waals surface area contributed by atoms with Crippen LogP contribution in [0.3, 0.4) is 0 Å². The normalized spacial score (nSPS) is 10.3. The average molecular weight is 214 g/mol. The van der Waals surface area contributed by atoms with Crippen LogP contribution in [0.1, 0.15) is 5.56 Å². The molecule has 2 aromatic rings. The van der Waals surface area contributed by atoms with Gasteiger partial charge in [0.15, 0.2) is 0 Å². The molecule has 0 amide bonds. The SMILES string of the molecule is Cc1ccc(-c2ccc(O)c(N)c2)cc1N. The summed E-state index contributed by atoms with van der Waals surface area (Å²) in [5.74, 6) is 0.101. The first-order chi connectivity index (χ1) is 7.58. The van der Waals surface area contributed by atoms with Gasteiger partial charge in [0, 0.05) is 5.69 Å². The number of phenolic OH excluding ortho intramolecular Hbond substituents is 1. The zero-order valence-electron chi connectivity index (χ0n) is 9.07. The minimum Gasteiger partial charge on any atom is -0.506 e. The van der Waals surface area contributed by atoms with Gasteiger partial charge < -0.3 is 16.6 Å². The minimum absolute atomic E-state index is 0.101. The molecule has 0 aromatic heterocycles. The highest BCUT2D eigenvalue weighted by atomic mass is 16.3. The number of nitrogens with two attached hydrogens (primary N) is 2. The van der Waals surface area contributed by atoms with Gasteiger partial charge in [-0.15, -0.1) is 0 Å². The van der Waals surface area contributed by atoms with Crippen molar-refractivity contribution in [2.24, 2.45) is 0 Å². The number of aromatic hydroxyl groups is 1. The minimum atomic E-state index is 0.101. The number of hydrogen-bond donors (Lipinski definition) is 3. The maximum Gasteiger partial charge on any atom is 0.138 e. The summed E-state index contributed by atoms with van der Waals surface area (Å²) in [6.07, 6.45) is 0. The quantitative estimate of drug-likeness (QED) is 0.504. The van der Waals surface area contributed by atoms with Gasteiger partial charge in [0.2, 0.25) is 0 Å². The van der Waals surface area contributed by atoms with E-state index in [2.05, 4.69) is 0 Å². The van der Waals surface area contributed by atoms with Crippen LogP contribution in [-0.4, -0.2) is 5.11 Å².